The highest BCUT2D eigenvalue weighted by Crippen LogP contribution is 2.22. The van der Waals surface area contributed by atoms with Gasteiger partial charge in [-0.2, -0.15) is 0 Å². The van der Waals surface area contributed by atoms with Crippen molar-refractivity contribution in [1.82, 2.24) is 9.55 Å². The fourth-order valence-corrected chi connectivity index (χ4v) is 1.99. The van der Waals surface area contributed by atoms with Crippen LogP contribution in [0.25, 0.3) is 5.76 Å². The minimum absolute atomic E-state index is 0.428. The molecule has 2 aromatic rings. The summed E-state index contributed by atoms with van der Waals surface area (Å²) in [5.41, 5.74) is 7.72. The van der Waals surface area contributed by atoms with Crippen molar-refractivity contribution < 1.29 is 9.47 Å². The molecule has 2 N–H and O–H groups in total. The molecule has 0 bridgehead atoms. The molecule has 1 aromatic heterocycles. The van der Waals surface area contributed by atoms with Gasteiger partial charge in [0.15, 0.2) is 5.82 Å². The maximum Gasteiger partial charge on any atom is 0.153 e. The van der Waals surface area contributed by atoms with E-state index < -0.39 is 0 Å². The number of hydrogen-bond donors (Lipinski definition) is 1. The summed E-state index contributed by atoms with van der Waals surface area (Å²) >= 11 is 0. The van der Waals surface area contributed by atoms with E-state index in [1.54, 1.807) is 13.4 Å². The molecule has 0 aliphatic rings. The average Bonchev–Trinajstić information content (AvgIpc) is 2.81. The number of ether oxygens (including phenoxy) is 2. The molecule has 5 heteroatoms. The van der Waals surface area contributed by atoms with Crippen LogP contribution in [0.2, 0.25) is 0 Å². The molecule has 0 unspecified atom stereocenters. The van der Waals surface area contributed by atoms with Crippen molar-refractivity contribution in [3.63, 3.8) is 0 Å². The second-order valence-corrected chi connectivity index (χ2v) is 4.31. The summed E-state index contributed by atoms with van der Waals surface area (Å²) in [6.45, 7) is 7.00. The van der Waals surface area contributed by atoms with Crippen molar-refractivity contribution in [3.05, 3.63) is 48.4 Å². The Kier molecular flexibility index (Phi) is 4.30. The van der Waals surface area contributed by atoms with E-state index in [2.05, 4.69) is 11.6 Å². The quantitative estimate of drug-likeness (QED) is 0.821. The van der Waals surface area contributed by atoms with E-state index in [1.165, 1.54) is 0 Å². The minimum atomic E-state index is 0.428. The van der Waals surface area contributed by atoms with Crippen LogP contribution in [-0.4, -0.2) is 23.3 Å². The van der Waals surface area contributed by atoms with E-state index in [0.717, 1.165) is 17.0 Å². The third-order valence-electron chi connectivity index (χ3n) is 2.96. The third kappa shape index (κ3) is 2.93. The molecule has 1 heterocycles. The predicted molar refractivity (Wildman–Crippen MR) is 79.4 cm³/mol. The zero-order valence-corrected chi connectivity index (χ0v) is 11.8. The second-order valence-electron chi connectivity index (χ2n) is 4.31. The minimum Gasteiger partial charge on any atom is -0.497 e. The highest BCUT2D eigenvalue weighted by atomic mass is 16.5. The highest BCUT2D eigenvalue weighted by molar-refractivity contribution is 5.64. The van der Waals surface area contributed by atoms with Crippen molar-refractivity contribution >= 4 is 11.6 Å². The Balaban J connectivity index is 2.22. The largest absolute Gasteiger partial charge is 0.497 e. The monoisotopic (exact) mass is 273 g/mol. The van der Waals surface area contributed by atoms with Gasteiger partial charge in [-0.3, -0.25) is 0 Å². The zero-order valence-electron chi connectivity index (χ0n) is 11.8. The summed E-state index contributed by atoms with van der Waals surface area (Å²) in [5.74, 6) is 1.80. The summed E-state index contributed by atoms with van der Waals surface area (Å²) < 4.78 is 12.5. The van der Waals surface area contributed by atoms with Crippen molar-refractivity contribution in [1.29, 1.82) is 0 Å². The molecule has 0 spiro atoms. The Bertz CT molecular complexity index is 588. The third-order valence-corrected chi connectivity index (χ3v) is 2.96. The van der Waals surface area contributed by atoms with E-state index in [0.29, 0.717) is 24.7 Å². The van der Waals surface area contributed by atoms with Crippen LogP contribution in [0, 0.1) is 0 Å². The SMILES string of the molecule is C=C(OCC)c1c(N)ncn1Cc1ccc(OC)cc1. The van der Waals surface area contributed by atoms with Crippen LogP contribution in [0.3, 0.4) is 0 Å². The molecule has 0 amide bonds. The van der Waals surface area contributed by atoms with Crippen LogP contribution in [0.1, 0.15) is 18.2 Å². The molecular formula is C15H19N3O2. The first-order valence-electron chi connectivity index (χ1n) is 6.41. The summed E-state index contributed by atoms with van der Waals surface area (Å²) in [6.07, 6.45) is 1.69. The van der Waals surface area contributed by atoms with Gasteiger partial charge in [-0.15, -0.1) is 0 Å². The predicted octanol–water partition coefficient (Wildman–Crippen LogP) is 2.53. The smallest absolute Gasteiger partial charge is 0.153 e. The van der Waals surface area contributed by atoms with Crippen LogP contribution >= 0.6 is 0 Å². The van der Waals surface area contributed by atoms with Crippen LogP contribution in [0.15, 0.2) is 37.2 Å². The van der Waals surface area contributed by atoms with Gasteiger partial charge in [-0.1, -0.05) is 18.7 Å². The van der Waals surface area contributed by atoms with Gasteiger partial charge in [0.2, 0.25) is 0 Å². The van der Waals surface area contributed by atoms with Crippen molar-refractivity contribution in [2.45, 2.75) is 13.5 Å². The number of aromatic nitrogens is 2. The molecule has 0 aliphatic carbocycles. The van der Waals surface area contributed by atoms with Gasteiger partial charge in [0.1, 0.15) is 17.2 Å². The Morgan fingerprint density at radius 2 is 2.05 bits per heavy atom. The number of rotatable bonds is 6. The molecule has 0 atom stereocenters. The normalized spacial score (nSPS) is 10.3. The molecule has 2 rings (SSSR count). The molecule has 1 aromatic carbocycles. The number of nitrogens with zero attached hydrogens (tertiary/aromatic N) is 2. The highest BCUT2D eigenvalue weighted by Gasteiger charge is 2.13. The lowest BCUT2D eigenvalue weighted by atomic mass is 10.2. The number of anilines is 1. The Hall–Kier alpha value is -2.43. The fourth-order valence-electron chi connectivity index (χ4n) is 1.99. The van der Waals surface area contributed by atoms with Crippen molar-refractivity contribution in [3.8, 4) is 5.75 Å². The fraction of sp³-hybridized carbons (Fsp3) is 0.267. The first-order valence-corrected chi connectivity index (χ1v) is 6.41. The standard InChI is InChI=1S/C15H19N3O2/c1-4-20-11(2)14-15(16)17-10-18(14)9-12-5-7-13(19-3)8-6-12/h5-8,10H,2,4,9,16H2,1,3H3. The number of imidazole rings is 1. The summed E-state index contributed by atoms with van der Waals surface area (Å²) in [5, 5.41) is 0. The zero-order chi connectivity index (χ0) is 14.5. The molecule has 0 radical (unpaired) electrons. The van der Waals surface area contributed by atoms with Gasteiger partial charge in [0.05, 0.1) is 20.0 Å². The van der Waals surface area contributed by atoms with Crippen LogP contribution < -0.4 is 10.5 Å². The van der Waals surface area contributed by atoms with Crippen LogP contribution in [-0.2, 0) is 11.3 Å². The maximum absolute atomic E-state index is 5.88. The number of nitrogen functional groups attached to an aromatic ring is 1. The van der Waals surface area contributed by atoms with E-state index in [4.69, 9.17) is 15.2 Å². The maximum atomic E-state index is 5.88. The van der Waals surface area contributed by atoms with Gasteiger partial charge >= 0.3 is 0 Å². The number of nitrogens with two attached hydrogens (primary N) is 1. The lowest BCUT2D eigenvalue weighted by molar-refractivity contribution is 0.296. The lowest BCUT2D eigenvalue weighted by Gasteiger charge is -2.12. The van der Waals surface area contributed by atoms with Gasteiger partial charge in [-0.05, 0) is 24.6 Å². The summed E-state index contributed by atoms with van der Waals surface area (Å²) in [4.78, 5) is 4.13. The number of hydrogen-bond acceptors (Lipinski definition) is 4. The van der Waals surface area contributed by atoms with Gasteiger partial charge in [0.25, 0.3) is 0 Å². The van der Waals surface area contributed by atoms with E-state index in [1.807, 2.05) is 35.8 Å². The molecular weight excluding hydrogens is 254 g/mol. The average molecular weight is 273 g/mol. The summed E-state index contributed by atoms with van der Waals surface area (Å²) in [7, 11) is 1.65. The Morgan fingerprint density at radius 3 is 2.65 bits per heavy atom. The molecule has 20 heavy (non-hydrogen) atoms. The number of benzene rings is 1. The molecule has 0 saturated carbocycles. The molecule has 0 saturated heterocycles. The van der Waals surface area contributed by atoms with Gasteiger partial charge in [-0.25, -0.2) is 4.98 Å². The Labute approximate surface area is 118 Å². The molecule has 0 aliphatic heterocycles. The van der Waals surface area contributed by atoms with Crippen LogP contribution in [0.5, 0.6) is 5.75 Å². The first kappa shape index (κ1) is 14.0. The molecule has 0 fully saturated rings. The van der Waals surface area contributed by atoms with E-state index in [-0.39, 0.29) is 0 Å². The van der Waals surface area contributed by atoms with E-state index >= 15 is 0 Å². The lowest BCUT2D eigenvalue weighted by Crippen LogP contribution is -2.06. The molecule has 106 valence electrons. The van der Waals surface area contributed by atoms with E-state index in [9.17, 15) is 0 Å². The second kappa shape index (κ2) is 6.14. The summed E-state index contributed by atoms with van der Waals surface area (Å²) in [6, 6.07) is 7.85. The van der Waals surface area contributed by atoms with Gasteiger partial charge < -0.3 is 19.8 Å². The van der Waals surface area contributed by atoms with Gasteiger partial charge in [0, 0.05) is 6.54 Å². The van der Waals surface area contributed by atoms with Crippen molar-refractivity contribution in [2.75, 3.05) is 19.5 Å². The number of methoxy groups -OCH3 is 1. The first-order chi connectivity index (χ1) is 9.65. The Morgan fingerprint density at radius 1 is 1.35 bits per heavy atom. The van der Waals surface area contributed by atoms with Crippen molar-refractivity contribution in [2.24, 2.45) is 0 Å². The van der Waals surface area contributed by atoms with Crippen LogP contribution in [0.4, 0.5) is 5.82 Å². The molecule has 5 nitrogen and oxygen atoms in total. The topological polar surface area (TPSA) is 62.3 Å².